The highest BCUT2D eigenvalue weighted by Gasteiger charge is 2.35. The number of amides is 2. The van der Waals surface area contributed by atoms with Crippen LogP contribution in [0.1, 0.15) is 18.1 Å². The molecular formula is C13H10F3NO2. The first kappa shape index (κ1) is 13.3. The molecule has 2 rings (SSSR count). The second kappa shape index (κ2) is 4.53. The van der Waals surface area contributed by atoms with Crippen molar-refractivity contribution in [3.8, 4) is 0 Å². The van der Waals surface area contributed by atoms with Gasteiger partial charge in [-0.2, -0.15) is 13.2 Å². The van der Waals surface area contributed by atoms with Gasteiger partial charge in [0.15, 0.2) is 0 Å². The van der Waals surface area contributed by atoms with Crippen molar-refractivity contribution in [3.63, 3.8) is 0 Å². The van der Waals surface area contributed by atoms with E-state index in [4.69, 9.17) is 0 Å². The summed E-state index contributed by atoms with van der Waals surface area (Å²) in [4.78, 5) is 23.9. The highest BCUT2D eigenvalue weighted by atomic mass is 19.4. The van der Waals surface area contributed by atoms with E-state index in [-0.39, 0.29) is 17.7 Å². The second-order valence-corrected chi connectivity index (χ2v) is 4.21. The molecule has 2 amide bonds. The molecule has 19 heavy (non-hydrogen) atoms. The van der Waals surface area contributed by atoms with Crippen molar-refractivity contribution < 1.29 is 22.8 Å². The van der Waals surface area contributed by atoms with E-state index in [1.165, 1.54) is 25.1 Å². The fourth-order valence-electron chi connectivity index (χ4n) is 1.89. The molecule has 0 fully saturated rings. The van der Waals surface area contributed by atoms with E-state index >= 15 is 0 Å². The minimum atomic E-state index is -4.51. The molecule has 1 aromatic carbocycles. The molecule has 6 heteroatoms. The molecule has 1 aliphatic rings. The summed E-state index contributed by atoms with van der Waals surface area (Å²) in [5, 5.41) is 0. The lowest BCUT2D eigenvalue weighted by Gasteiger charge is -2.18. The summed E-state index contributed by atoms with van der Waals surface area (Å²) in [6.45, 7) is 1.08. The summed E-state index contributed by atoms with van der Waals surface area (Å²) in [7, 11) is 0. The van der Waals surface area contributed by atoms with Crippen molar-refractivity contribution in [1.82, 2.24) is 4.90 Å². The molecule has 0 saturated carbocycles. The lowest BCUT2D eigenvalue weighted by Crippen LogP contribution is -2.31. The SMILES string of the molecule is CC1=CC(=O)N(Cc2ccccc2C(F)(F)F)C1=O. The van der Waals surface area contributed by atoms with Crippen LogP contribution in [0.5, 0.6) is 0 Å². The van der Waals surface area contributed by atoms with Gasteiger partial charge in [0, 0.05) is 11.6 Å². The van der Waals surface area contributed by atoms with Crippen molar-refractivity contribution in [1.29, 1.82) is 0 Å². The molecule has 0 aromatic heterocycles. The van der Waals surface area contributed by atoms with E-state index < -0.39 is 23.6 Å². The standard InChI is InChI=1S/C13H10F3NO2/c1-8-6-11(18)17(12(8)19)7-9-4-2-3-5-10(9)13(14,15)16/h2-6H,7H2,1H3. The Morgan fingerprint density at radius 1 is 1.16 bits per heavy atom. The lowest BCUT2D eigenvalue weighted by molar-refractivity contribution is -0.142. The number of nitrogens with zero attached hydrogens (tertiary/aromatic N) is 1. The minimum Gasteiger partial charge on any atom is -0.271 e. The highest BCUT2D eigenvalue weighted by molar-refractivity contribution is 6.15. The van der Waals surface area contributed by atoms with Gasteiger partial charge in [0.25, 0.3) is 11.8 Å². The predicted molar refractivity (Wildman–Crippen MR) is 60.8 cm³/mol. The summed E-state index contributed by atoms with van der Waals surface area (Å²) >= 11 is 0. The van der Waals surface area contributed by atoms with Crippen LogP contribution in [0, 0.1) is 0 Å². The molecule has 0 atom stereocenters. The van der Waals surface area contributed by atoms with Gasteiger partial charge in [0.05, 0.1) is 12.1 Å². The normalized spacial score (nSPS) is 16.0. The van der Waals surface area contributed by atoms with Crippen molar-refractivity contribution in [2.75, 3.05) is 0 Å². The first-order valence-corrected chi connectivity index (χ1v) is 5.50. The zero-order valence-electron chi connectivity index (χ0n) is 9.99. The fourth-order valence-corrected chi connectivity index (χ4v) is 1.89. The van der Waals surface area contributed by atoms with Crippen LogP contribution in [0.3, 0.4) is 0 Å². The van der Waals surface area contributed by atoms with E-state index in [1.807, 2.05) is 0 Å². The number of benzene rings is 1. The average molecular weight is 269 g/mol. The quantitative estimate of drug-likeness (QED) is 0.774. The predicted octanol–water partition coefficient (Wildman–Crippen LogP) is 2.52. The average Bonchev–Trinajstić information content (AvgIpc) is 2.55. The Balaban J connectivity index is 2.31. The largest absolute Gasteiger partial charge is 0.416 e. The number of imide groups is 1. The van der Waals surface area contributed by atoms with Gasteiger partial charge in [-0.1, -0.05) is 18.2 Å². The van der Waals surface area contributed by atoms with Gasteiger partial charge < -0.3 is 0 Å². The summed E-state index contributed by atoms with van der Waals surface area (Å²) in [5.41, 5.74) is -0.700. The van der Waals surface area contributed by atoms with E-state index in [0.717, 1.165) is 17.0 Å². The van der Waals surface area contributed by atoms with E-state index in [0.29, 0.717) is 0 Å². The number of carbonyl (C=O) groups is 2. The Morgan fingerprint density at radius 3 is 2.32 bits per heavy atom. The Kier molecular flexibility index (Phi) is 3.18. The topological polar surface area (TPSA) is 37.4 Å². The van der Waals surface area contributed by atoms with Gasteiger partial charge in [0.2, 0.25) is 0 Å². The summed E-state index contributed by atoms with van der Waals surface area (Å²) in [5.74, 6) is -1.14. The van der Waals surface area contributed by atoms with Crippen LogP contribution in [0.15, 0.2) is 35.9 Å². The fraction of sp³-hybridized carbons (Fsp3) is 0.231. The third kappa shape index (κ3) is 2.52. The van der Waals surface area contributed by atoms with Crippen LogP contribution in [0.25, 0.3) is 0 Å². The van der Waals surface area contributed by atoms with Crippen molar-refractivity contribution in [2.24, 2.45) is 0 Å². The van der Waals surface area contributed by atoms with Gasteiger partial charge in [-0.3, -0.25) is 14.5 Å². The smallest absolute Gasteiger partial charge is 0.271 e. The van der Waals surface area contributed by atoms with E-state index in [2.05, 4.69) is 0 Å². The van der Waals surface area contributed by atoms with E-state index in [1.54, 1.807) is 0 Å². The molecule has 0 radical (unpaired) electrons. The number of hydrogen-bond acceptors (Lipinski definition) is 2. The maximum absolute atomic E-state index is 12.8. The second-order valence-electron chi connectivity index (χ2n) is 4.21. The minimum absolute atomic E-state index is 0.0974. The summed E-state index contributed by atoms with van der Waals surface area (Å²) in [6, 6.07) is 4.90. The molecule has 0 unspecified atom stereocenters. The maximum Gasteiger partial charge on any atom is 0.416 e. The molecule has 3 nitrogen and oxygen atoms in total. The number of carbonyl (C=O) groups excluding carboxylic acids is 2. The molecule has 100 valence electrons. The van der Waals surface area contributed by atoms with Crippen LogP contribution < -0.4 is 0 Å². The molecule has 0 bridgehead atoms. The maximum atomic E-state index is 12.8. The number of halogens is 3. The first-order chi connectivity index (χ1) is 8.80. The number of alkyl halides is 3. The number of hydrogen-bond donors (Lipinski definition) is 0. The Morgan fingerprint density at radius 2 is 1.79 bits per heavy atom. The molecule has 1 heterocycles. The van der Waals surface area contributed by atoms with Crippen molar-refractivity contribution >= 4 is 11.8 Å². The van der Waals surface area contributed by atoms with Gasteiger partial charge in [0.1, 0.15) is 0 Å². The summed E-state index contributed by atoms with van der Waals surface area (Å²) in [6.07, 6.45) is -3.39. The molecule has 0 aliphatic carbocycles. The zero-order chi connectivity index (χ0) is 14.2. The lowest BCUT2D eigenvalue weighted by atomic mass is 10.1. The first-order valence-electron chi connectivity index (χ1n) is 5.50. The van der Waals surface area contributed by atoms with Crippen LogP contribution in [0.4, 0.5) is 13.2 Å². The van der Waals surface area contributed by atoms with Gasteiger partial charge in [-0.15, -0.1) is 0 Å². The van der Waals surface area contributed by atoms with Gasteiger partial charge in [-0.05, 0) is 18.6 Å². The zero-order valence-corrected chi connectivity index (χ0v) is 9.99. The Bertz CT molecular complexity index is 575. The molecule has 1 aromatic rings. The van der Waals surface area contributed by atoms with E-state index in [9.17, 15) is 22.8 Å². The van der Waals surface area contributed by atoms with Crippen molar-refractivity contribution in [3.05, 3.63) is 47.0 Å². The molecule has 0 saturated heterocycles. The molecule has 1 aliphatic heterocycles. The van der Waals surface area contributed by atoms with Crippen LogP contribution in [0.2, 0.25) is 0 Å². The van der Waals surface area contributed by atoms with Gasteiger partial charge >= 0.3 is 6.18 Å². The van der Waals surface area contributed by atoms with Crippen LogP contribution in [-0.4, -0.2) is 16.7 Å². The van der Waals surface area contributed by atoms with Gasteiger partial charge in [-0.25, -0.2) is 0 Å². The van der Waals surface area contributed by atoms with Crippen LogP contribution in [-0.2, 0) is 22.3 Å². The summed E-state index contributed by atoms with van der Waals surface area (Å²) < 4.78 is 38.4. The molecular weight excluding hydrogens is 259 g/mol. The third-order valence-electron chi connectivity index (χ3n) is 2.84. The number of rotatable bonds is 2. The Hall–Kier alpha value is -2.11. The van der Waals surface area contributed by atoms with Crippen molar-refractivity contribution in [2.45, 2.75) is 19.6 Å². The molecule has 0 spiro atoms. The Labute approximate surface area is 107 Å². The third-order valence-corrected chi connectivity index (χ3v) is 2.84. The monoisotopic (exact) mass is 269 g/mol. The highest BCUT2D eigenvalue weighted by Crippen LogP contribution is 2.32. The van der Waals surface area contributed by atoms with Crippen LogP contribution >= 0.6 is 0 Å². The molecule has 0 N–H and O–H groups in total.